The first-order chi connectivity index (χ1) is 14.3. The zero-order chi connectivity index (χ0) is 21.3. The Morgan fingerprint density at radius 3 is 2.60 bits per heavy atom. The lowest BCUT2D eigenvalue weighted by molar-refractivity contribution is -0.120. The second kappa shape index (κ2) is 8.17. The number of carbonyl (C=O) groups is 1. The van der Waals surface area contributed by atoms with Crippen molar-refractivity contribution < 1.29 is 17.6 Å². The van der Waals surface area contributed by atoms with Gasteiger partial charge in [0.2, 0.25) is 15.9 Å². The van der Waals surface area contributed by atoms with Crippen molar-refractivity contribution in [1.82, 2.24) is 9.29 Å². The minimum absolute atomic E-state index is 0.122. The van der Waals surface area contributed by atoms with Crippen LogP contribution in [0.4, 0.5) is 5.82 Å². The smallest absolute Gasteiger partial charge is 0.336 e. The van der Waals surface area contributed by atoms with Gasteiger partial charge in [-0.2, -0.15) is 4.31 Å². The fourth-order valence-electron chi connectivity index (χ4n) is 3.40. The highest BCUT2D eigenvalue weighted by Gasteiger charge is 2.32. The van der Waals surface area contributed by atoms with E-state index in [0.717, 1.165) is 0 Å². The summed E-state index contributed by atoms with van der Waals surface area (Å²) in [5, 5.41) is 3.74. The van der Waals surface area contributed by atoms with Crippen molar-refractivity contribution in [1.29, 1.82) is 0 Å². The number of aromatic nitrogens is 1. The highest BCUT2D eigenvalue weighted by molar-refractivity contribution is 7.89. The van der Waals surface area contributed by atoms with E-state index in [0.29, 0.717) is 34.7 Å². The Kier molecular flexibility index (Phi) is 5.59. The molecule has 1 saturated heterocycles. The van der Waals surface area contributed by atoms with Crippen molar-refractivity contribution in [3.05, 3.63) is 64.1 Å². The molecule has 0 bridgehead atoms. The Morgan fingerprint density at radius 1 is 1.13 bits per heavy atom. The molecule has 10 heteroatoms. The summed E-state index contributed by atoms with van der Waals surface area (Å²) in [6.45, 7) is 0.465. The minimum atomic E-state index is -3.72. The van der Waals surface area contributed by atoms with Crippen molar-refractivity contribution in [2.24, 2.45) is 5.92 Å². The summed E-state index contributed by atoms with van der Waals surface area (Å²) < 4.78 is 32.4. The molecule has 4 rings (SSSR count). The highest BCUT2D eigenvalue weighted by Crippen LogP contribution is 2.26. The molecule has 8 nitrogen and oxygen atoms in total. The Bertz CT molecular complexity index is 1250. The molecule has 1 aliphatic heterocycles. The Labute approximate surface area is 177 Å². The molecule has 0 unspecified atom stereocenters. The third kappa shape index (κ3) is 4.23. The highest BCUT2D eigenvalue weighted by atomic mass is 35.5. The molecule has 1 N–H and O–H groups in total. The maximum atomic E-state index is 13.0. The van der Waals surface area contributed by atoms with Gasteiger partial charge >= 0.3 is 5.63 Å². The van der Waals surface area contributed by atoms with Gasteiger partial charge in [0, 0.05) is 36.7 Å². The van der Waals surface area contributed by atoms with Crippen LogP contribution in [0.25, 0.3) is 11.0 Å². The van der Waals surface area contributed by atoms with Gasteiger partial charge in [0.25, 0.3) is 0 Å². The zero-order valence-corrected chi connectivity index (χ0v) is 17.3. The number of anilines is 1. The second-order valence-electron chi connectivity index (χ2n) is 6.98. The molecule has 1 fully saturated rings. The number of nitrogens with zero attached hydrogens (tertiary/aromatic N) is 2. The number of nitrogens with one attached hydrogen (secondary N) is 1. The summed E-state index contributed by atoms with van der Waals surface area (Å²) in [6.07, 6.45) is 2.25. The molecule has 2 aromatic heterocycles. The Balaban J connectivity index is 1.43. The van der Waals surface area contributed by atoms with Gasteiger partial charge in [0.05, 0.1) is 9.92 Å². The average Bonchev–Trinajstić information content (AvgIpc) is 2.75. The van der Waals surface area contributed by atoms with Crippen molar-refractivity contribution in [3.63, 3.8) is 0 Å². The van der Waals surface area contributed by atoms with Gasteiger partial charge in [0.15, 0.2) is 0 Å². The van der Waals surface area contributed by atoms with Crippen molar-refractivity contribution in [2.75, 3.05) is 18.4 Å². The quantitative estimate of drug-likeness (QED) is 0.616. The van der Waals surface area contributed by atoms with E-state index in [2.05, 4.69) is 10.3 Å². The standard InChI is InChI=1S/C20H18ClN3O5S/c21-15-2-5-18(22-12-15)23-20(26)13-7-9-24(10-8-13)30(27,28)16-3-4-17-14(11-16)1-6-19(25)29-17/h1-6,11-13H,7-10H2,(H,22,23,26). The molecule has 3 heterocycles. The number of fused-ring (bicyclic) bond motifs is 1. The topological polar surface area (TPSA) is 110 Å². The molecule has 1 aliphatic rings. The van der Waals surface area contributed by atoms with Crippen LogP contribution < -0.4 is 10.9 Å². The molecule has 0 radical (unpaired) electrons. The molecule has 30 heavy (non-hydrogen) atoms. The molecule has 0 atom stereocenters. The van der Waals surface area contributed by atoms with Crippen LogP contribution in [-0.2, 0) is 14.8 Å². The Morgan fingerprint density at radius 2 is 1.90 bits per heavy atom. The molecule has 3 aromatic rings. The number of sulfonamides is 1. The van der Waals surface area contributed by atoms with E-state index in [1.54, 1.807) is 12.1 Å². The van der Waals surface area contributed by atoms with Crippen LogP contribution in [-0.4, -0.2) is 36.7 Å². The van der Waals surface area contributed by atoms with Crippen LogP contribution >= 0.6 is 11.6 Å². The second-order valence-corrected chi connectivity index (χ2v) is 9.36. The number of benzene rings is 1. The van der Waals surface area contributed by atoms with E-state index in [1.165, 1.54) is 40.8 Å². The number of rotatable bonds is 4. The third-order valence-corrected chi connectivity index (χ3v) is 7.15. The summed E-state index contributed by atoms with van der Waals surface area (Å²) >= 11 is 5.79. The van der Waals surface area contributed by atoms with E-state index in [4.69, 9.17) is 16.0 Å². The van der Waals surface area contributed by atoms with Gasteiger partial charge in [-0.05, 0) is 49.2 Å². The van der Waals surface area contributed by atoms with E-state index in [-0.39, 0.29) is 29.8 Å². The van der Waals surface area contributed by atoms with Crippen LogP contribution in [0.3, 0.4) is 0 Å². The molecule has 1 amide bonds. The van der Waals surface area contributed by atoms with Gasteiger partial charge in [-0.1, -0.05) is 11.6 Å². The lowest BCUT2D eigenvalue weighted by Crippen LogP contribution is -2.41. The first-order valence-corrected chi connectivity index (χ1v) is 11.1. The van der Waals surface area contributed by atoms with Gasteiger partial charge in [-0.3, -0.25) is 4.79 Å². The normalized spacial score (nSPS) is 15.9. The van der Waals surface area contributed by atoms with Crippen molar-refractivity contribution >= 4 is 44.3 Å². The van der Waals surface area contributed by atoms with E-state index in [9.17, 15) is 18.0 Å². The number of pyridine rings is 1. The van der Waals surface area contributed by atoms with Crippen LogP contribution in [0.5, 0.6) is 0 Å². The SMILES string of the molecule is O=C(Nc1ccc(Cl)cn1)C1CCN(S(=O)(=O)c2ccc3oc(=O)ccc3c2)CC1. The molecular weight excluding hydrogens is 430 g/mol. The minimum Gasteiger partial charge on any atom is -0.423 e. The summed E-state index contributed by atoms with van der Waals surface area (Å²) in [6, 6.07) is 10.4. The van der Waals surface area contributed by atoms with Crippen LogP contribution in [0.2, 0.25) is 5.02 Å². The van der Waals surface area contributed by atoms with Gasteiger partial charge in [-0.25, -0.2) is 18.2 Å². The van der Waals surface area contributed by atoms with Crippen molar-refractivity contribution in [2.45, 2.75) is 17.7 Å². The third-order valence-electron chi connectivity index (χ3n) is 5.03. The Hall–Kier alpha value is -2.75. The molecule has 0 spiro atoms. The van der Waals surface area contributed by atoms with Gasteiger partial charge in [0.1, 0.15) is 11.4 Å². The summed E-state index contributed by atoms with van der Waals surface area (Å²) in [5.41, 5.74) is -0.167. The first-order valence-electron chi connectivity index (χ1n) is 9.29. The van der Waals surface area contributed by atoms with E-state index >= 15 is 0 Å². The average molecular weight is 448 g/mol. The number of hydrogen-bond donors (Lipinski definition) is 1. The van der Waals surface area contributed by atoms with Crippen LogP contribution in [0.1, 0.15) is 12.8 Å². The summed E-state index contributed by atoms with van der Waals surface area (Å²) in [7, 11) is -3.72. The number of hydrogen-bond acceptors (Lipinski definition) is 6. The fraction of sp³-hybridized carbons (Fsp3) is 0.250. The summed E-state index contributed by atoms with van der Waals surface area (Å²) in [4.78, 5) is 27.9. The van der Waals surface area contributed by atoms with E-state index < -0.39 is 15.6 Å². The van der Waals surface area contributed by atoms with E-state index in [1.807, 2.05) is 0 Å². The number of piperidine rings is 1. The van der Waals surface area contributed by atoms with Gasteiger partial charge < -0.3 is 9.73 Å². The van der Waals surface area contributed by atoms with Crippen LogP contribution in [0.15, 0.2) is 62.8 Å². The maximum absolute atomic E-state index is 13.0. The number of carbonyl (C=O) groups excluding carboxylic acids is 1. The lowest BCUT2D eigenvalue weighted by atomic mass is 9.97. The lowest BCUT2D eigenvalue weighted by Gasteiger charge is -2.30. The largest absolute Gasteiger partial charge is 0.423 e. The number of amides is 1. The maximum Gasteiger partial charge on any atom is 0.336 e. The molecule has 0 saturated carbocycles. The molecule has 156 valence electrons. The van der Waals surface area contributed by atoms with Crippen LogP contribution in [0, 0.1) is 5.92 Å². The van der Waals surface area contributed by atoms with Gasteiger partial charge in [-0.15, -0.1) is 0 Å². The van der Waals surface area contributed by atoms with Crippen molar-refractivity contribution in [3.8, 4) is 0 Å². The molecular formula is C20H18ClN3O5S. The first kappa shape index (κ1) is 20.5. The zero-order valence-electron chi connectivity index (χ0n) is 15.7. The number of halogens is 1. The predicted octanol–water partition coefficient (Wildman–Crippen LogP) is 2.88. The monoisotopic (exact) mass is 447 g/mol. The summed E-state index contributed by atoms with van der Waals surface area (Å²) in [5.74, 6) is -0.0929. The predicted molar refractivity (Wildman–Crippen MR) is 112 cm³/mol. The fourth-order valence-corrected chi connectivity index (χ4v) is 5.01. The molecule has 1 aromatic carbocycles. The molecule has 0 aliphatic carbocycles.